The number of rotatable bonds is 3. The maximum absolute atomic E-state index is 12.3. The van der Waals surface area contributed by atoms with Crippen molar-refractivity contribution in [3.63, 3.8) is 0 Å². The van der Waals surface area contributed by atoms with Gasteiger partial charge in [-0.15, -0.1) is 0 Å². The van der Waals surface area contributed by atoms with E-state index in [1.54, 1.807) is 0 Å². The van der Waals surface area contributed by atoms with Gasteiger partial charge in [-0.3, -0.25) is 4.79 Å². The van der Waals surface area contributed by atoms with Gasteiger partial charge in [-0.2, -0.15) is 8.78 Å². The number of carbonyl (C=O) groups excluding carboxylic acids is 1. The summed E-state index contributed by atoms with van der Waals surface area (Å²) >= 11 is 5.79. The minimum Gasteiger partial charge on any atom is -0.434 e. The quantitative estimate of drug-likeness (QED) is 0.928. The lowest BCUT2D eigenvalue weighted by molar-refractivity contribution is -0.0502. The van der Waals surface area contributed by atoms with Gasteiger partial charge in [0.25, 0.3) is 5.91 Å². The molecule has 4 nitrogen and oxygen atoms in total. The van der Waals surface area contributed by atoms with Crippen molar-refractivity contribution < 1.29 is 18.3 Å². The number of hydrogen-bond acceptors (Lipinski definition) is 3. The van der Waals surface area contributed by atoms with E-state index in [2.05, 4.69) is 4.74 Å². The Morgan fingerprint density at radius 3 is 2.84 bits per heavy atom. The summed E-state index contributed by atoms with van der Waals surface area (Å²) in [5, 5.41) is 0.286. The molecule has 2 N–H and O–H groups in total. The number of carbonyl (C=O) groups is 1. The molecule has 7 heteroatoms. The van der Waals surface area contributed by atoms with E-state index < -0.39 is 12.5 Å². The zero-order chi connectivity index (χ0) is 14.0. The van der Waals surface area contributed by atoms with Crippen molar-refractivity contribution in [2.45, 2.75) is 19.1 Å². The summed E-state index contributed by atoms with van der Waals surface area (Å²) in [5.41, 5.74) is 5.75. The van der Waals surface area contributed by atoms with Crippen LogP contribution in [0, 0.1) is 0 Å². The predicted octanol–water partition coefficient (Wildman–Crippen LogP) is 2.11. The first-order chi connectivity index (χ1) is 8.97. The highest BCUT2D eigenvalue weighted by molar-refractivity contribution is 6.31. The van der Waals surface area contributed by atoms with Gasteiger partial charge in [-0.1, -0.05) is 11.6 Å². The molecular weight excluding hydrogens is 278 g/mol. The van der Waals surface area contributed by atoms with Crippen molar-refractivity contribution in [1.82, 2.24) is 4.90 Å². The molecule has 0 spiro atoms. The maximum Gasteiger partial charge on any atom is 0.387 e. The molecule has 0 radical (unpaired) electrons. The predicted molar refractivity (Wildman–Crippen MR) is 66.6 cm³/mol. The monoisotopic (exact) mass is 290 g/mol. The minimum atomic E-state index is -2.99. The Kier molecular flexibility index (Phi) is 4.21. The first kappa shape index (κ1) is 14.0. The van der Waals surface area contributed by atoms with E-state index >= 15 is 0 Å². The smallest absolute Gasteiger partial charge is 0.387 e. The molecule has 0 bridgehead atoms. The highest BCUT2D eigenvalue weighted by Gasteiger charge is 2.27. The molecule has 1 aliphatic heterocycles. The molecule has 0 aliphatic carbocycles. The largest absolute Gasteiger partial charge is 0.434 e. The topological polar surface area (TPSA) is 55.6 Å². The van der Waals surface area contributed by atoms with Crippen LogP contribution in [0.4, 0.5) is 8.78 Å². The normalized spacial score (nSPS) is 19.0. The van der Waals surface area contributed by atoms with Crippen molar-refractivity contribution in [2.24, 2.45) is 5.73 Å². The number of benzene rings is 1. The zero-order valence-corrected chi connectivity index (χ0v) is 10.7. The third-order valence-corrected chi connectivity index (χ3v) is 3.14. The van der Waals surface area contributed by atoms with Crippen LogP contribution in [0.25, 0.3) is 0 Å². The van der Waals surface area contributed by atoms with E-state index in [4.69, 9.17) is 17.3 Å². The summed E-state index contributed by atoms with van der Waals surface area (Å²) in [4.78, 5) is 13.7. The van der Waals surface area contributed by atoms with E-state index in [1.165, 1.54) is 23.1 Å². The summed E-state index contributed by atoms with van der Waals surface area (Å²) < 4.78 is 28.9. The van der Waals surface area contributed by atoms with Gasteiger partial charge in [0.05, 0.1) is 5.56 Å². The summed E-state index contributed by atoms with van der Waals surface area (Å²) in [5.74, 6) is -0.573. The van der Waals surface area contributed by atoms with Crippen molar-refractivity contribution >= 4 is 17.5 Å². The fraction of sp³-hybridized carbons (Fsp3) is 0.417. The summed E-state index contributed by atoms with van der Waals surface area (Å²) in [6.07, 6.45) is 0.692. The molecule has 1 heterocycles. The lowest BCUT2D eigenvalue weighted by Gasteiger charge is -2.18. The Hall–Kier alpha value is -1.40. The molecule has 0 saturated carbocycles. The van der Waals surface area contributed by atoms with Crippen LogP contribution in [0.1, 0.15) is 16.8 Å². The molecule has 1 saturated heterocycles. The Morgan fingerprint density at radius 1 is 1.53 bits per heavy atom. The first-order valence-electron chi connectivity index (χ1n) is 5.76. The number of nitrogens with two attached hydrogens (primary N) is 1. The molecule has 1 fully saturated rings. The molecule has 2 rings (SSSR count). The number of halogens is 3. The first-order valence-corrected chi connectivity index (χ1v) is 6.14. The Morgan fingerprint density at radius 2 is 2.26 bits per heavy atom. The molecule has 1 aliphatic rings. The number of nitrogens with zero attached hydrogens (tertiary/aromatic N) is 1. The van der Waals surface area contributed by atoms with Gasteiger partial charge < -0.3 is 15.4 Å². The number of ether oxygens (including phenoxy) is 1. The van der Waals surface area contributed by atoms with Crippen molar-refractivity contribution in [3.05, 3.63) is 28.8 Å². The number of hydrogen-bond donors (Lipinski definition) is 1. The van der Waals surface area contributed by atoms with Crippen LogP contribution in [-0.2, 0) is 0 Å². The fourth-order valence-corrected chi connectivity index (χ4v) is 2.18. The van der Waals surface area contributed by atoms with Crippen LogP contribution < -0.4 is 10.5 Å². The highest BCUT2D eigenvalue weighted by atomic mass is 35.5. The second kappa shape index (κ2) is 5.71. The van der Waals surface area contributed by atoms with Gasteiger partial charge in [0.2, 0.25) is 0 Å². The summed E-state index contributed by atoms with van der Waals surface area (Å²) in [6.45, 7) is -2.09. The van der Waals surface area contributed by atoms with E-state index in [0.717, 1.165) is 0 Å². The van der Waals surface area contributed by atoms with E-state index in [0.29, 0.717) is 19.5 Å². The van der Waals surface area contributed by atoms with Crippen LogP contribution in [0.2, 0.25) is 5.02 Å². The second-order valence-electron chi connectivity index (χ2n) is 4.32. The number of amides is 1. The Labute approximate surface area is 114 Å². The molecule has 1 aromatic rings. The van der Waals surface area contributed by atoms with Gasteiger partial charge in [-0.25, -0.2) is 0 Å². The number of likely N-dealkylation sites (tertiary alicyclic amines) is 1. The van der Waals surface area contributed by atoms with Crippen LogP contribution >= 0.6 is 11.6 Å². The van der Waals surface area contributed by atoms with Gasteiger partial charge in [0.1, 0.15) is 5.75 Å². The van der Waals surface area contributed by atoms with Crippen LogP contribution in [-0.4, -0.2) is 36.5 Å². The lowest BCUT2D eigenvalue weighted by atomic mass is 10.1. The molecule has 0 aromatic heterocycles. The van der Waals surface area contributed by atoms with Gasteiger partial charge >= 0.3 is 6.61 Å². The average Bonchev–Trinajstić information content (AvgIpc) is 2.77. The lowest BCUT2D eigenvalue weighted by Crippen LogP contribution is -2.32. The van der Waals surface area contributed by atoms with Gasteiger partial charge in [0, 0.05) is 24.2 Å². The second-order valence-corrected chi connectivity index (χ2v) is 4.76. The van der Waals surface area contributed by atoms with Gasteiger partial charge in [-0.05, 0) is 24.6 Å². The fourth-order valence-electron chi connectivity index (χ4n) is 2.01. The molecule has 104 valence electrons. The van der Waals surface area contributed by atoms with Gasteiger partial charge in [0.15, 0.2) is 0 Å². The van der Waals surface area contributed by atoms with Crippen molar-refractivity contribution in [1.29, 1.82) is 0 Å². The van der Waals surface area contributed by atoms with Crippen LogP contribution in [0.3, 0.4) is 0 Å². The molecular formula is C12H13ClF2N2O2. The third kappa shape index (κ3) is 3.33. The van der Waals surface area contributed by atoms with Crippen molar-refractivity contribution in [3.8, 4) is 5.75 Å². The van der Waals surface area contributed by atoms with Crippen molar-refractivity contribution in [2.75, 3.05) is 13.1 Å². The van der Waals surface area contributed by atoms with E-state index in [1.807, 2.05) is 0 Å². The molecule has 19 heavy (non-hydrogen) atoms. The SMILES string of the molecule is N[C@@H]1CCN(C(=O)c2cc(Cl)ccc2OC(F)F)C1. The third-order valence-electron chi connectivity index (χ3n) is 2.90. The van der Waals surface area contributed by atoms with E-state index in [-0.39, 0.29) is 22.4 Å². The maximum atomic E-state index is 12.3. The molecule has 1 aromatic carbocycles. The highest BCUT2D eigenvalue weighted by Crippen LogP contribution is 2.26. The summed E-state index contributed by atoms with van der Waals surface area (Å²) in [7, 11) is 0. The zero-order valence-electron chi connectivity index (χ0n) is 9.98. The van der Waals surface area contributed by atoms with E-state index in [9.17, 15) is 13.6 Å². The Balaban J connectivity index is 2.26. The molecule has 1 atom stereocenters. The molecule has 0 unspecified atom stereocenters. The molecule has 1 amide bonds. The van der Waals surface area contributed by atoms with Crippen LogP contribution in [0.15, 0.2) is 18.2 Å². The minimum absolute atomic E-state index is 0.0295. The Bertz CT molecular complexity index is 485. The summed E-state index contributed by atoms with van der Waals surface area (Å²) in [6, 6.07) is 3.90. The average molecular weight is 291 g/mol. The van der Waals surface area contributed by atoms with Crippen LogP contribution in [0.5, 0.6) is 5.75 Å². The number of alkyl halides is 2. The standard InChI is InChI=1S/C12H13ClF2N2O2/c13-7-1-2-10(19-12(14)15)9(5-7)11(18)17-4-3-8(16)6-17/h1-2,5,8,12H,3-4,6,16H2/t8-/m1/s1.